The fourth-order valence-corrected chi connectivity index (χ4v) is 5.67. The van der Waals surface area contributed by atoms with Gasteiger partial charge in [0.15, 0.2) is 0 Å². The number of halogens is 3. The Morgan fingerprint density at radius 3 is 2.31 bits per heavy atom. The minimum Gasteiger partial charge on any atom is -0.361 e. The van der Waals surface area contributed by atoms with E-state index in [2.05, 4.69) is 31.5 Å². The smallest absolute Gasteiger partial charge is 0.361 e. The van der Waals surface area contributed by atoms with Crippen molar-refractivity contribution in [3.63, 3.8) is 0 Å². The first-order valence-corrected chi connectivity index (χ1v) is 16.6. The van der Waals surface area contributed by atoms with E-state index in [1.807, 2.05) is 0 Å². The predicted octanol–water partition coefficient (Wildman–Crippen LogP) is 4.54. The van der Waals surface area contributed by atoms with Crippen LogP contribution in [0.4, 0.5) is 24.5 Å². The highest BCUT2D eigenvalue weighted by molar-refractivity contribution is 7.88. The molecule has 3 rings (SSSR count). The van der Waals surface area contributed by atoms with Crippen LogP contribution in [-0.4, -0.2) is 54.1 Å². The van der Waals surface area contributed by atoms with E-state index in [0.717, 1.165) is 10.9 Å². The maximum atomic E-state index is 14.9. The molecule has 0 spiro atoms. The molecule has 1 aromatic carbocycles. The molecular formula is C23H31F3N2O5SSi. The van der Waals surface area contributed by atoms with Gasteiger partial charge in [0.1, 0.15) is 6.73 Å². The number of hydrogen-bond acceptors (Lipinski definition) is 5. The lowest BCUT2D eigenvalue weighted by Crippen LogP contribution is -2.71. The second kappa shape index (κ2) is 10.1. The second-order valence-corrected chi connectivity index (χ2v) is 16.9. The van der Waals surface area contributed by atoms with Gasteiger partial charge < -0.3 is 4.74 Å². The van der Waals surface area contributed by atoms with Crippen LogP contribution in [0.15, 0.2) is 24.3 Å². The van der Waals surface area contributed by atoms with Crippen molar-refractivity contribution in [2.24, 2.45) is 5.92 Å². The van der Waals surface area contributed by atoms with Crippen molar-refractivity contribution in [1.82, 2.24) is 0 Å². The molecule has 1 aromatic rings. The Labute approximate surface area is 205 Å². The van der Waals surface area contributed by atoms with E-state index in [-0.39, 0.29) is 41.2 Å². The van der Waals surface area contributed by atoms with Crippen molar-refractivity contribution < 1.29 is 35.3 Å². The second-order valence-electron chi connectivity index (χ2n) is 9.87. The summed E-state index contributed by atoms with van der Waals surface area (Å²) < 4.78 is 81.6. The van der Waals surface area contributed by atoms with Crippen molar-refractivity contribution in [1.29, 1.82) is 0 Å². The Bertz CT molecular complexity index is 1110. The summed E-state index contributed by atoms with van der Waals surface area (Å²) in [6, 6.07) is 6.25. The number of amides is 1. The van der Waals surface area contributed by atoms with Crippen LogP contribution in [0, 0.1) is 17.8 Å². The van der Waals surface area contributed by atoms with Crippen LogP contribution in [0.2, 0.25) is 25.7 Å². The van der Waals surface area contributed by atoms with Gasteiger partial charge in [0.05, 0.1) is 18.0 Å². The fourth-order valence-electron chi connectivity index (χ4n) is 3.47. The number of hydrogen-bond donors (Lipinski definition) is 0. The quantitative estimate of drug-likeness (QED) is 0.265. The number of ether oxygens (including phenoxy) is 1. The number of para-hydroxylation sites is 2. The normalized spacial score (nSPS) is 20.9. The summed E-state index contributed by atoms with van der Waals surface area (Å²) in [4.78, 5) is 14.5. The minimum atomic E-state index is -5.36. The van der Waals surface area contributed by atoms with Crippen molar-refractivity contribution in [2.75, 3.05) is 29.1 Å². The van der Waals surface area contributed by atoms with Gasteiger partial charge in [-0.1, -0.05) is 50.5 Å². The molecule has 1 saturated carbocycles. The van der Waals surface area contributed by atoms with Crippen molar-refractivity contribution in [2.45, 2.75) is 63.6 Å². The zero-order valence-electron chi connectivity index (χ0n) is 20.3. The van der Waals surface area contributed by atoms with Crippen molar-refractivity contribution >= 4 is 35.7 Å². The highest BCUT2D eigenvalue weighted by Gasteiger charge is 2.71. The minimum absolute atomic E-state index is 0.0152. The maximum absolute atomic E-state index is 14.9. The molecule has 35 heavy (non-hydrogen) atoms. The van der Waals surface area contributed by atoms with Gasteiger partial charge in [-0.25, -0.2) is 4.31 Å². The highest BCUT2D eigenvalue weighted by Crippen LogP contribution is 2.49. The third kappa shape index (κ3) is 5.85. The molecule has 194 valence electrons. The lowest BCUT2D eigenvalue weighted by Gasteiger charge is -2.46. The molecule has 0 saturated heterocycles. The lowest BCUT2D eigenvalue weighted by atomic mass is 9.92. The molecule has 0 radical (unpaired) electrons. The van der Waals surface area contributed by atoms with Gasteiger partial charge >= 0.3 is 16.5 Å². The van der Waals surface area contributed by atoms with Crippen LogP contribution in [0.5, 0.6) is 0 Å². The number of carbonyl (C=O) groups excluding carboxylic acids is 1. The molecule has 1 heterocycles. The number of rotatable bonds is 9. The molecule has 1 aliphatic carbocycles. The van der Waals surface area contributed by atoms with Crippen LogP contribution < -0.4 is 9.21 Å². The first kappa shape index (κ1) is 27.5. The number of benzene rings is 1. The largest absolute Gasteiger partial charge is 0.433 e. The Kier molecular flexibility index (Phi) is 7.96. The average molecular weight is 533 g/mol. The van der Waals surface area contributed by atoms with E-state index in [4.69, 9.17) is 8.92 Å². The lowest BCUT2D eigenvalue weighted by molar-refractivity contribution is -0.176. The number of anilines is 2. The number of alkyl halides is 3. The standard InChI is InChI=1S/C23H31F3N2O5SSi/c1-5-14-33-34(30,31)28-20-9-7-6-8-19(20)27(17-32-15-16-35(2,3)4)21(29)22(28,23(24,25)26)13-12-18-10-11-18/h6-9,18H,5,10-11,14-17H2,1-4H3. The SMILES string of the molecule is CCCOS(=O)(=O)N1c2ccccc2N(COCC[Si](C)(C)C)C(=O)C1(C#CC1CC1)C(F)(F)F. The predicted molar refractivity (Wildman–Crippen MR) is 130 cm³/mol. The first-order chi connectivity index (χ1) is 16.2. The molecule has 0 bridgehead atoms. The number of fused-ring (bicyclic) bond motifs is 1. The van der Waals surface area contributed by atoms with Crippen LogP contribution in [-0.2, 0) is 24.0 Å². The van der Waals surface area contributed by atoms with Crippen LogP contribution in [0.25, 0.3) is 0 Å². The molecular weight excluding hydrogens is 501 g/mol. The van der Waals surface area contributed by atoms with E-state index in [9.17, 15) is 26.4 Å². The molecule has 1 amide bonds. The van der Waals surface area contributed by atoms with Gasteiger partial charge in [-0.2, -0.15) is 21.6 Å². The summed E-state index contributed by atoms with van der Waals surface area (Å²) in [7, 11) is -6.54. The number of nitrogens with zero attached hydrogens (tertiary/aromatic N) is 2. The Hall–Kier alpha value is -2.07. The molecule has 1 unspecified atom stereocenters. The van der Waals surface area contributed by atoms with Gasteiger partial charge in [-0.3, -0.25) is 13.9 Å². The average Bonchev–Trinajstić information content (AvgIpc) is 3.58. The Balaban J connectivity index is 2.18. The highest BCUT2D eigenvalue weighted by atomic mass is 32.2. The summed E-state index contributed by atoms with van der Waals surface area (Å²) in [6.07, 6.45) is -3.94. The molecule has 1 fully saturated rings. The first-order valence-electron chi connectivity index (χ1n) is 11.5. The Morgan fingerprint density at radius 1 is 1.14 bits per heavy atom. The molecule has 12 heteroatoms. The van der Waals surface area contributed by atoms with E-state index in [1.54, 1.807) is 6.92 Å². The molecule has 7 nitrogen and oxygen atoms in total. The van der Waals surface area contributed by atoms with E-state index in [1.165, 1.54) is 24.3 Å². The summed E-state index contributed by atoms with van der Waals surface area (Å²) >= 11 is 0. The zero-order chi connectivity index (χ0) is 26.1. The van der Waals surface area contributed by atoms with E-state index < -0.39 is 42.7 Å². The summed E-state index contributed by atoms with van der Waals surface area (Å²) in [5, 5.41) is 0. The van der Waals surface area contributed by atoms with Gasteiger partial charge in [0, 0.05) is 20.6 Å². The maximum Gasteiger partial charge on any atom is 0.433 e. The molecule has 0 aromatic heterocycles. The van der Waals surface area contributed by atoms with Gasteiger partial charge in [0.2, 0.25) is 0 Å². The van der Waals surface area contributed by atoms with Crippen molar-refractivity contribution in [3.05, 3.63) is 24.3 Å². The summed E-state index contributed by atoms with van der Waals surface area (Å²) in [6.45, 7) is 7.44. The third-order valence-corrected chi connectivity index (χ3v) is 8.66. The molecule has 1 aliphatic heterocycles. The molecule has 2 aliphatic rings. The van der Waals surface area contributed by atoms with Gasteiger partial charge in [-0.05, 0) is 37.4 Å². The zero-order valence-corrected chi connectivity index (χ0v) is 22.1. The Morgan fingerprint density at radius 2 is 1.77 bits per heavy atom. The topological polar surface area (TPSA) is 76.2 Å². The molecule has 1 atom stereocenters. The monoisotopic (exact) mass is 532 g/mol. The van der Waals surface area contributed by atoms with E-state index in [0.29, 0.717) is 12.8 Å². The fraction of sp³-hybridized carbons (Fsp3) is 0.609. The molecule has 0 N–H and O–H groups in total. The third-order valence-electron chi connectivity index (χ3n) is 5.57. The van der Waals surface area contributed by atoms with Crippen molar-refractivity contribution in [3.8, 4) is 11.8 Å². The summed E-state index contributed by atoms with van der Waals surface area (Å²) in [5.41, 5.74) is -4.06. The van der Waals surface area contributed by atoms with Crippen LogP contribution in [0.1, 0.15) is 26.2 Å². The van der Waals surface area contributed by atoms with Crippen LogP contribution in [0.3, 0.4) is 0 Å². The number of carbonyl (C=O) groups is 1. The van der Waals surface area contributed by atoms with E-state index >= 15 is 0 Å². The summed E-state index contributed by atoms with van der Waals surface area (Å²) in [5.74, 6) is 2.69. The van der Waals surface area contributed by atoms with Gasteiger partial charge in [0.25, 0.3) is 11.4 Å². The van der Waals surface area contributed by atoms with Crippen LogP contribution >= 0.6 is 0 Å². The van der Waals surface area contributed by atoms with Gasteiger partial charge in [-0.15, -0.1) is 0 Å².